The third-order valence-corrected chi connectivity index (χ3v) is 4.03. The number of benzene rings is 1. The molecular formula is C21H28O3. The van der Waals surface area contributed by atoms with E-state index in [1.165, 1.54) is 11.1 Å². The van der Waals surface area contributed by atoms with E-state index >= 15 is 0 Å². The average Bonchev–Trinajstić information content (AvgIpc) is 2.97. The zero-order valence-electron chi connectivity index (χ0n) is 15.0. The Balaban J connectivity index is 0.00000139. The Morgan fingerprint density at radius 2 is 2.12 bits per heavy atom. The standard InChI is InChI=1S/C19H22O3.C2H6/c1-3-6-16(21)7-4-5-8-18-15(13-20)11-14-12-17(22-2)9-10-19(14)18;1-2/h3-7,9-10,12-13,15,18,21H,8,11H2,1-2H3;1-2H3/b5-4+,6-3-,16-7+;. The van der Waals surface area contributed by atoms with Gasteiger partial charge in [-0.05, 0) is 61.1 Å². The number of aliphatic hydroxyl groups excluding tert-OH is 1. The van der Waals surface area contributed by atoms with Gasteiger partial charge in [0.05, 0.1) is 7.11 Å². The van der Waals surface area contributed by atoms with E-state index in [0.717, 1.165) is 24.9 Å². The molecule has 0 amide bonds. The van der Waals surface area contributed by atoms with Crippen LogP contribution in [0, 0.1) is 5.92 Å². The van der Waals surface area contributed by atoms with Crippen LogP contribution in [0.25, 0.3) is 0 Å². The minimum Gasteiger partial charge on any atom is -0.508 e. The molecule has 0 heterocycles. The van der Waals surface area contributed by atoms with Crippen LogP contribution in [0.1, 0.15) is 44.2 Å². The minimum atomic E-state index is 0.0138. The molecule has 2 atom stereocenters. The van der Waals surface area contributed by atoms with Crippen molar-refractivity contribution in [2.24, 2.45) is 5.92 Å². The molecule has 0 radical (unpaired) electrons. The normalized spacial score (nSPS) is 19.9. The van der Waals surface area contributed by atoms with Gasteiger partial charge in [0.25, 0.3) is 0 Å². The van der Waals surface area contributed by atoms with Gasteiger partial charge in [-0.3, -0.25) is 0 Å². The van der Waals surface area contributed by atoms with E-state index in [1.54, 1.807) is 25.3 Å². The monoisotopic (exact) mass is 328 g/mol. The van der Waals surface area contributed by atoms with Gasteiger partial charge < -0.3 is 14.6 Å². The molecule has 1 aliphatic rings. The van der Waals surface area contributed by atoms with Crippen LogP contribution in [0.2, 0.25) is 0 Å². The van der Waals surface area contributed by atoms with Crippen molar-refractivity contribution in [1.29, 1.82) is 0 Å². The quantitative estimate of drug-likeness (QED) is 0.447. The fourth-order valence-electron chi connectivity index (χ4n) is 2.94. The predicted octanol–water partition coefficient (Wildman–Crippen LogP) is 5.14. The Hall–Kier alpha value is -2.29. The van der Waals surface area contributed by atoms with E-state index in [4.69, 9.17) is 4.74 Å². The topological polar surface area (TPSA) is 46.5 Å². The molecule has 1 aromatic carbocycles. The van der Waals surface area contributed by atoms with Crippen LogP contribution < -0.4 is 4.74 Å². The number of rotatable bonds is 6. The average molecular weight is 328 g/mol. The number of hydrogen-bond donors (Lipinski definition) is 1. The molecule has 1 aliphatic carbocycles. The second kappa shape index (κ2) is 10.5. The predicted molar refractivity (Wildman–Crippen MR) is 99.6 cm³/mol. The molecule has 3 nitrogen and oxygen atoms in total. The van der Waals surface area contributed by atoms with Crippen molar-refractivity contribution in [3.05, 3.63) is 65.5 Å². The molecule has 0 saturated heterocycles. The van der Waals surface area contributed by atoms with E-state index in [-0.39, 0.29) is 17.6 Å². The highest BCUT2D eigenvalue weighted by molar-refractivity contribution is 5.61. The lowest BCUT2D eigenvalue weighted by Gasteiger charge is -2.13. The summed E-state index contributed by atoms with van der Waals surface area (Å²) < 4.78 is 5.25. The summed E-state index contributed by atoms with van der Waals surface area (Å²) in [6.45, 7) is 5.85. The van der Waals surface area contributed by atoms with Gasteiger partial charge in [0.2, 0.25) is 0 Å². The molecule has 0 bridgehead atoms. The van der Waals surface area contributed by atoms with Crippen LogP contribution in [0.3, 0.4) is 0 Å². The lowest BCUT2D eigenvalue weighted by Crippen LogP contribution is -2.08. The number of aliphatic hydroxyl groups is 1. The molecule has 0 saturated carbocycles. The molecule has 130 valence electrons. The summed E-state index contributed by atoms with van der Waals surface area (Å²) in [6, 6.07) is 6.02. The smallest absolute Gasteiger partial charge is 0.124 e. The lowest BCUT2D eigenvalue weighted by molar-refractivity contribution is -0.111. The summed E-state index contributed by atoms with van der Waals surface area (Å²) >= 11 is 0. The zero-order chi connectivity index (χ0) is 17.9. The van der Waals surface area contributed by atoms with Crippen molar-refractivity contribution in [3.63, 3.8) is 0 Å². The molecule has 3 heteroatoms. The van der Waals surface area contributed by atoms with Crippen LogP contribution in [-0.2, 0) is 11.2 Å². The van der Waals surface area contributed by atoms with Gasteiger partial charge in [-0.15, -0.1) is 0 Å². The van der Waals surface area contributed by atoms with Gasteiger partial charge >= 0.3 is 0 Å². The number of fused-ring (bicyclic) bond motifs is 1. The van der Waals surface area contributed by atoms with Gasteiger partial charge in [0.15, 0.2) is 0 Å². The first-order valence-corrected chi connectivity index (χ1v) is 8.50. The van der Waals surface area contributed by atoms with Gasteiger partial charge in [-0.2, -0.15) is 0 Å². The highest BCUT2D eigenvalue weighted by atomic mass is 16.5. The Morgan fingerprint density at radius 3 is 2.75 bits per heavy atom. The van der Waals surface area contributed by atoms with Gasteiger partial charge in [-0.25, -0.2) is 0 Å². The Labute approximate surface area is 145 Å². The minimum absolute atomic E-state index is 0.0138. The number of aldehydes is 1. The number of ether oxygens (including phenoxy) is 1. The van der Waals surface area contributed by atoms with E-state index in [2.05, 4.69) is 6.07 Å². The van der Waals surface area contributed by atoms with E-state index in [9.17, 15) is 9.90 Å². The van der Waals surface area contributed by atoms with Crippen LogP contribution in [0.15, 0.2) is 54.3 Å². The Morgan fingerprint density at radius 1 is 1.38 bits per heavy atom. The molecule has 0 aromatic heterocycles. The number of methoxy groups -OCH3 is 1. The number of allylic oxidation sites excluding steroid dienone is 5. The molecule has 1 N–H and O–H groups in total. The maximum Gasteiger partial charge on any atom is 0.124 e. The molecule has 0 fully saturated rings. The van der Waals surface area contributed by atoms with Crippen molar-refractivity contribution in [3.8, 4) is 5.75 Å². The SMILES string of the molecule is CC.C\C=C/C(O)=C\C=C\CC1c2ccc(OC)cc2CC1C=O. The van der Waals surface area contributed by atoms with Crippen molar-refractivity contribution in [2.75, 3.05) is 7.11 Å². The van der Waals surface area contributed by atoms with Crippen molar-refractivity contribution in [1.82, 2.24) is 0 Å². The molecule has 24 heavy (non-hydrogen) atoms. The first-order chi connectivity index (χ1) is 11.7. The molecule has 2 unspecified atom stereocenters. The van der Waals surface area contributed by atoms with Gasteiger partial charge in [0.1, 0.15) is 17.8 Å². The van der Waals surface area contributed by atoms with Crippen molar-refractivity contribution >= 4 is 6.29 Å². The van der Waals surface area contributed by atoms with Gasteiger partial charge in [0, 0.05) is 5.92 Å². The molecule has 0 aliphatic heterocycles. The molecule has 1 aromatic rings. The summed E-state index contributed by atoms with van der Waals surface area (Å²) in [5.74, 6) is 1.27. The van der Waals surface area contributed by atoms with Crippen molar-refractivity contribution in [2.45, 2.75) is 39.5 Å². The van der Waals surface area contributed by atoms with E-state index in [0.29, 0.717) is 0 Å². The summed E-state index contributed by atoms with van der Waals surface area (Å²) in [7, 11) is 1.65. The Bertz CT molecular complexity index is 612. The highest BCUT2D eigenvalue weighted by Gasteiger charge is 2.31. The van der Waals surface area contributed by atoms with Crippen LogP contribution in [-0.4, -0.2) is 18.5 Å². The number of carbonyl (C=O) groups is 1. The highest BCUT2D eigenvalue weighted by Crippen LogP contribution is 2.40. The third kappa shape index (κ3) is 5.12. The fourth-order valence-corrected chi connectivity index (χ4v) is 2.94. The van der Waals surface area contributed by atoms with Gasteiger partial charge in [-0.1, -0.05) is 38.1 Å². The zero-order valence-corrected chi connectivity index (χ0v) is 15.0. The maximum atomic E-state index is 11.4. The van der Waals surface area contributed by atoms with Crippen molar-refractivity contribution < 1.29 is 14.6 Å². The van der Waals surface area contributed by atoms with Crippen LogP contribution in [0.4, 0.5) is 0 Å². The number of carbonyl (C=O) groups excluding carboxylic acids is 1. The third-order valence-electron chi connectivity index (χ3n) is 4.03. The first kappa shape index (κ1) is 19.8. The second-order valence-electron chi connectivity index (χ2n) is 5.43. The van der Waals surface area contributed by atoms with E-state index < -0.39 is 0 Å². The first-order valence-electron chi connectivity index (χ1n) is 8.50. The summed E-state index contributed by atoms with van der Waals surface area (Å²) in [4.78, 5) is 11.4. The second-order valence-corrected chi connectivity index (χ2v) is 5.43. The summed E-state index contributed by atoms with van der Waals surface area (Å²) in [6.07, 6.45) is 11.5. The summed E-state index contributed by atoms with van der Waals surface area (Å²) in [5.41, 5.74) is 2.42. The largest absolute Gasteiger partial charge is 0.508 e. The van der Waals surface area contributed by atoms with Crippen LogP contribution in [0.5, 0.6) is 5.75 Å². The fraction of sp³-hybridized carbons (Fsp3) is 0.381. The van der Waals surface area contributed by atoms with Crippen LogP contribution >= 0.6 is 0 Å². The molecule has 2 rings (SSSR count). The molecular weight excluding hydrogens is 300 g/mol. The van der Waals surface area contributed by atoms with E-state index in [1.807, 2.05) is 45.1 Å². The summed E-state index contributed by atoms with van der Waals surface area (Å²) in [5, 5.41) is 9.51. The molecule has 0 spiro atoms. The Kier molecular flexibility index (Phi) is 8.63. The lowest BCUT2D eigenvalue weighted by atomic mass is 9.90. The maximum absolute atomic E-state index is 11.4. The number of hydrogen-bond acceptors (Lipinski definition) is 3.